The van der Waals surface area contributed by atoms with Crippen LogP contribution in [0.5, 0.6) is 0 Å². The molecule has 1 aromatic carbocycles. The highest BCUT2D eigenvalue weighted by atomic mass is 16.3. The van der Waals surface area contributed by atoms with Crippen LogP contribution < -0.4 is 9.80 Å². The number of hydrogen-bond donors (Lipinski definition) is 1. The molecule has 0 aromatic heterocycles. The lowest BCUT2D eigenvalue weighted by Crippen LogP contribution is -2.44. The third-order valence-corrected chi connectivity index (χ3v) is 5.03. The second-order valence-electron chi connectivity index (χ2n) is 6.80. The molecule has 23 heavy (non-hydrogen) atoms. The van der Waals surface area contributed by atoms with Crippen LogP contribution in [0, 0.1) is 0 Å². The lowest BCUT2D eigenvalue weighted by Gasteiger charge is -2.33. The fourth-order valence-corrected chi connectivity index (χ4v) is 3.64. The Hall–Kier alpha value is -1.75. The van der Waals surface area contributed by atoms with Crippen molar-refractivity contribution in [1.82, 2.24) is 4.90 Å². The zero-order valence-electron chi connectivity index (χ0n) is 14.1. The molecule has 0 radical (unpaired) electrons. The van der Waals surface area contributed by atoms with Gasteiger partial charge in [-0.2, -0.15) is 0 Å². The molecule has 1 N–H and O–H groups in total. The number of aliphatic hydroxyl groups is 1. The van der Waals surface area contributed by atoms with E-state index in [0.717, 1.165) is 25.9 Å². The van der Waals surface area contributed by atoms with Gasteiger partial charge in [0.15, 0.2) is 0 Å². The van der Waals surface area contributed by atoms with E-state index in [4.69, 9.17) is 0 Å². The van der Waals surface area contributed by atoms with Crippen molar-refractivity contribution in [2.45, 2.75) is 38.3 Å². The number of anilines is 2. The van der Waals surface area contributed by atoms with Gasteiger partial charge in [-0.05, 0) is 31.9 Å². The van der Waals surface area contributed by atoms with Crippen LogP contribution in [0.4, 0.5) is 11.4 Å². The Labute approximate surface area is 138 Å². The number of aliphatic hydroxyl groups excluding tert-OH is 1. The van der Waals surface area contributed by atoms with Crippen LogP contribution >= 0.6 is 0 Å². The van der Waals surface area contributed by atoms with Gasteiger partial charge in [0.2, 0.25) is 5.91 Å². The summed E-state index contributed by atoms with van der Waals surface area (Å²) >= 11 is 0. The number of amides is 1. The fourth-order valence-electron chi connectivity index (χ4n) is 3.64. The van der Waals surface area contributed by atoms with Gasteiger partial charge in [0, 0.05) is 45.7 Å². The highest BCUT2D eigenvalue weighted by Gasteiger charge is 2.27. The van der Waals surface area contributed by atoms with Gasteiger partial charge in [0.1, 0.15) is 0 Å². The summed E-state index contributed by atoms with van der Waals surface area (Å²) in [6.45, 7) is 5.01. The van der Waals surface area contributed by atoms with E-state index in [2.05, 4.69) is 42.0 Å². The van der Waals surface area contributed by atoms with Crippen molar-refractivity contribution >= 4 is 17.3 Å². The quantitative estimate of drug-likeness (QED) is 0.918. The Bertz CT molecular complexity index is 563. The molecule has 126 valence electrons. The minimum atomic E-state index is -0.518. The van der Waals surface area contributed by atoms with Crippen LogP contribution in [-0.2, 0) is 4.79 Å². The summed E-state index contributed by atoms with van der Waals surface area (Å²) < 4.78 is 0. The molecular weight excluding hydrogens is 290 g/mol. The Kier molecular flexibility index (Phi) is 4.76. The number of nitrogens with zero attached hydrogens (tertiary/aromatic N) is 3. The largest absolute Gasteiger partial charge is 0.389 e. The van der Waals surface area contributed by atoms with Gasteiger partial charge >= 0.3 is 0 Å². The second-order valence-corrected chi connectivity index (χ2v) is 6.80. The van der Waals surface area contributed by atoms with E-state index in [9.17, 15) is 9.90 Å². The van der Waals surface area contributed by atoms with Crippen molar-refractivity contribution in [2.75, 3.05) is 43.0 Å². The van der Waals surface area contributed by atoms with E-state index in [1.54, 1.807) is 4.90 Å². The van der Waals surface area contributed by atoms with Crippen molar-refractivity contribution in [2.24, 2.45) is 0 Å². The van der Waals surface area contributed by atoms with Gasteiger partial charge < -0.3 is 19.8 Å². The maximum absolute atomic E-state index is 11.8. The highest BCUT2D eigenvalue weighted by molar-refractivity contribution is 5.78. The van der Waals surface area contributed by atoms with Gasteiger partial charge in [-0.1, -0.05) is 12.1 Å². The van der Waals surface area contributed by atoms with Crippen LogP contribution in [0.15, 0.2) is 24.3 Å². The molecule has 5 nitrogen and oxygen atoms in total. The number of carbonyl (C=O) groups excluding carboxylic acids is 1. The molecule has 1 aromatic rings. The van der Waals surface area contributed by atoms with Crippen molar-refractivity contribution in [3.8, 4) is 0 Å². The molecule has 1 amide bonds. The van der Waals surface area contributed by atoms with Crippen LogP contribution in [-0.4, -0.2) is 61.3 Å². The molecule has 2 aliphatic rings. The summed E-state index contributed by atoms with van der Waals surface area (Å²) in [7, 11) is 2.12. The molecule has 1 saturated heterocycles. The minimum absolute atomic E-state index is 0.174. The SMILES string of the molecule is CC1CCN(C)c2ccccc2N1CC(O)CN1CCCC1=O. The van der Waals surface area contributed by atoms with Crippen molar-refractivity contribution < 1.29 is 9.90 Å². The summed E-state index contributed by atoms with van der Waals surface area (Å²) in [5, 5.41) is 10.5. The second kappa shape index (κ2) is 6.79. The number of β-amino-alcohol motifs (C(OH)–C–C–N with tert-alkyl or cyclic N) is 1. The molecule has 0 saturated carbocycles. The van der Waals surface area contributed by atoms with Gasteiger partial charge in [0.05, 0.1) is 17.5 Å². The maximum Gasteiger partial charge on any atom is 0.222 e. The predicted octanol–water partition coefficient (Wildman–Crippen LogP) is 1.70. The molecule has 3 rings (SSSR count). The first-order valence-corrected chi connectivity index (χ1v) is 8.59. The van der Waals surface area contributed by atoms with Crippen LogP contribution in [0.2, 0.25) is 0 Å². The van der Waals surface area contributed by atoms with E-state index in [0.29, 0.717) is 25.6 Å². The molecular formula is C18H27N3O2. The van der Waals surface area contributed by atoms with E-state index in [1.165, 1.54) is 11.4 Å². The number of likely N-dealkylation sites (tertiary alicyclic amines) is 1. The molecule has 2 unspecified atom stereocenters. The van der Waals surface area contributed by atoms with Crippen LogP contribution in [0.3, 0.4) is 0 Å². The summed E-state index contributed by atoms with van der Waals surface area (Å²) in [6.07, 6.45) is 2.08. The summed E-state index contributed by atoms with van der Waals surface area (Å²) in [5.74, 6) is 0.174. The first-order chi connectivity index (χ1) is 11.1. The number of para-hydroxylation sites is 2. The highest BCUT2D eigenvalue weighted by Crippen LogP contribution is 2.33. The van der Waals surface area contributed by atoms with E-state index < -0.39 is 6.10 Å². The monoisotopic (exact) mass is 317 g/mol. The maximum atomic E-state index is 11.8. The molecule has 2 aliphatic heterocycles. The fraction of sp³-hybridized carbons (Fsp3) is 0.611. The van der Waals surface area contributed by atoms with Crippen LogP contribution in [0.1, 0.15) is 26.2 Å². The summed E-state index contributed by atoms with van der Waals surface area (Å²) in [5.41, 5.74) is 2.38. The molecule has 0 bridgehead atoms. The van der Waals surface area contributed by atoms with Gasteiger partial charge in [0.25, 0.3) is 0 Å². The zero-order chi connectivity index (χ0) is 16.4. The molecule has 2 atom stereocenters. The lowest BCUT2D eigenvalue weighted by atomic mass is 10.1. The Morgan fingerprint density at radius 3 is 2.65 bits per heavy atom. The number of fused-ring (bicyclic) bond motifs is 1. The van der Waals surface area contributed by atoms with E-state index in [1.807, 2.05) is 6.07 Å². The summed E-state index contributed by atoms with van der Waals surface area (Å²) in [4.78, 5) is 18.1. The van der Waals surface area contributed by atoms with Crippen molar-refractivity contribution in [3.63, 3.8) is 0 Å². The zero-order valence-corrected chi connectivity index (χ0v) is 14.1. The van der Waals surface area contributed by atoms with Gasteiger partial charge in [-0.15, -0.1) is 0 Å². The topological polar surface area (TPSA) is 47.0 Å². The predicted molar refractivity (Wildman–Crippen MR) is 93.0 cm³/mol. The molecule has 0 aliphatic carbocycles. The van der Waals surface area contributed by atoms with E-state index in [-0.39, 0.29) is 5.91 Å². The van der Waals surface area contributed by atoms with Gasteiger partial charge in [-0.3, -0.25) is 4.79 Å². The molecule has 1 fully saturated rings. The minimum Gasteiger partial charge on any atom is -0.389 e. The first-order valence-electron chi connectivity index (χ1n) is 8.59. The third-order valence-electron chi connectivity index (χ3n) is 5.03. The number of rotatable bonds is 4. The third kappa shape index (κ3) is 3.44. The standard InChI is InChI=1S/C18H27N3O2/c1-14-9-11-19(2)16-6-3-4-7-17(16)21(14)13-15(22)12-20-10-5-8-18(20)23/h3-4,6-7,14-15,22H,5,8-13H2,1-2H3. The van der Waals surface area contributed by atoms with Crippen molar-refractivity contribution in [3.05, 3.63) is 24.3 Å². The normalized spacial score (nSPS) is 23.0. The Balaban J connectivity index is 1.74. The lowest BCUT2D eigenvalue weighted by molar-refractivity contribution is -0.128. The average Bonchev–Trinajstić information content (AvgIpc) is 2.90. The van der Waals surface area contributed by atoms with Crippen LogP contribution in [0.25, 0.3) is 0 Å². The van der Waals surface area contributed by atoms with E-state index >= 15 is 0 Å². The number of carbonyl (C=O) groups is 1. The van der Waals surface area contributed by atoms with Crippen molar-refractivity contribution in [1.29, 1.82) is 0 Å². The first kappa shape index (κ1) is 16.1. The average molecular weight is 317 g/mol. The molecule has 2 heterocycles. The number of benzene rings is 1. The number of hydrogen-bond acceptors (Lipinski definition) is 4. The smallest absolute Gasteiger partial charge is 0.222 e. The molecule has 5 heteroatoms. The Morgan fingerprint density at radius 2 is 1.96 bits per heavy atom. The molecule has 0 spiro atoms. The Morgan fingerprint density at radius 1 is 1.22 bits per heavy atom. The van der Waals surface area contributed by atoms with Gasteiger partial charge in [-0.25, -0.2) is 0 Å². The summed E-state index contributed by atoms with van der Waals surface area (Å²) in [6, 6.07) is 8.74.